The van der Waals surface area contributed by atoms with Gasteiger partial charge in [0.05, 0.1) is 12.7 Å². The number of aromatic hydroxyl groups is 1. The van der Waals surface area contributed by atoms with Crippen LogP contribution in [0.2, 0.25) is 0 Å². The summed E-state index contributed by atoms with van der Waals surface area (Å²) in [7, 11) is 1.31. The maximum absolute atomic E-state index is 10.8. The van der Waals surface area contributed by atoms with Gasteiger partial charge in [-0.25, -0.2) is 4.79 Å². The van der Waals surface area contributed by atoms with E-state index in [1.165, 1.54) is 31.4 Å². The maximum Gasteiger partial charge on any atom is 1.00 e. The molecule has 0 aliphatic heterocycles. The molecule has 0 aliphatic rings. The summed E-state index contributed by atoms with van der Waals surface area (Å²) in [6.45, 7) is 0. The molecule has 0 spiro atoms. The SMILES string of the molecule is COC(=O)c1ccc(O)cc1.[K+]. The van der Waals surface area contributed by atoms with Gasteiger partial charge in [0.1, 0.15) is 5.75 Å². The fourth-order valence-electron chi connectivity index (χ4n) is 0.715. The number of carbonyl (C=O) groups is 1. The van der Waals surface area contributed by atoms with Crippen molar-refractivity contribution in [3.8, 4) is 5.75 Å². The zero-order valence-corrected chi connectivity index (χ0v) is 10.2. The second-order valence-electron chi connectivity index (χ2n) is 2.04. The van der Waals surface area contributed by atoms with Crippen LogP contribution in [0, 0.1) is 0 Å². The number of phenols is 1. The van der Waals surface area contributed by atoms with Crippen LogP contribution < -0.4 is 51.4 Å². The standard InChI is InChI=1S/C8H8O3.K/c1-11-8(10)6-2-4-7(9)5-3-6;/h2-5,9H,1H3;/q;+1. The molecule has 0 amide bonds. The number of carbonyl (C=O) groups excluding carboxylic acids is 1. The number of rotatable bonds is 1. The summed E-state index contributed by atoms with van der Waals surface area (Å²) in [4.78, 5) is 10.8. The van der Waals surface area contributed by atoms with Crippen molar-refractivity contribution in [3.05, 3.63) is 29.8 Å². The molecule has 0 bridgehead atoms. The fraction of sp³-hybridized carbons (Fsp3) is 0.125. The summed E-state index contributed by atoms with van der Waals surface area (Å²) in [6.07, 6.45) is 0. The zero-order chi connectivity index (χ0) is 8.27. The van der Waals surface area contributed by atoms with Gasteiger partial charge in [-0.15, -0.1) is 0 Å². The van der Waals surface area contributed by atoms with Crippen molar-refractivity contribution in [1.29, 1.82) is 0 Å². The van der Waals surface area contributed by atoms with Gasteiger partial charge in [-0.2, -0.15) is 0 Å². The van der Waals surface area contributed by atoms with E-state index in [0.29, 0.717) is 5.56 Å². The second kappa shape index (κ2) is 5.72. The molecule has 0 saturated carbocycles. The first-order valence-corrected chi connectivity index (χ1v) is 3.11. The Hall–Kier alpha value is 0.126. The number of hydrogen-bond donors (Lipinski definition) is 1. The predicted molar refractivity (Wildman–Crippen MR) is 39.4 cm³/mol. The molecule has 0 radical (unpaired) electrons. The van der Waals surface area contributed by atoms with Crippen molar-refractivity contribution in [1.82, 2.24) is 0 Å². The number of hydrogen-bond acceptors (Lipinski definition) is 3. The molecular weight excluding hydrogens is 183 g/mol. The summed E-state index contributed by atoms with van der Waals surface area (Å²) in [5, 5.41) is 8.86. The molecule has 0 aromatic heterocycles. The molecule has 1 N–H and O–H groups in total. The van der Waals surface area contributed by atoms with Gasteiger partial charge >= 0.3 is 57.4 Å². The Morgan fingerprint density at radius 2 is 1.83 bits per heavy atom. The first-order chi connectivity index (χ1) is 5.24. The molecule has 0 saturated heterocycles. The van der Waals surface area contributed by atoms with E-state index in [4.69, 9.17) is 5.11 Å². The molecule has 0 unspecified atom stereocenters. The van der Waals surface area contributed by atoms with E-state index in [1.54, 1.807) is 0 Å². The van der Waals surface area contributed by atoms with Crippen LogP contribution in [-0.4, -0.2) is 18.2 Å². The minimum Gasteiger partial charge on any atom is -0.508 e. The van der Waals surface area contributed by atoms with Crippen molar-refractivity contribution in [2.75, 3.05) is 7.11 Å². The van der Waals surface area contributed by atoms with E-state index in [2.05, 4.69) is 4.74 Å². The van der Waals surface area contributed by atoms with Crippen molar-refractivity contribution in [3.63, 3.8) is 0 Å². The van der Waals surface area contributed by atoms with Crippen LogP contribution in [0.3, 0.4) is 0 Å². The van der Waals surface area contributed by atoms with Gasteiger partial charge in [0.2, 0.25) is 0 Å². The monoisotopic (exact) mass is 191 g/mol. The van der Waals surface area contributed by atoms with Crippen LogP contribution in [0.25, 0.3) is 0 Å². The molecule has 0 fully saturated rings. The molecule has 58 valence electrons. The van der Waals surface area contributed by atoms with Crippen molar-refractivity contribution < 1.29 is 66.0 Å². The number of methoxy groups -OCH3 is 1. The molecule has 0 heterocycles. The third kappa shape index (κ3) is 3.24. The van der Waals surface area contributed by atoms with Crippen molar-refractivity contribution >= 4 is 5.97 Å². The molecule has 1 rings (SSSR count). The van der Waals surface area contributed by atoms with Gasteiger partial charge in [0.25, 0.3) is 0 Å². The van der Waals surface area contributed by atoms with Gasteiger partial charge in [0, 0.05) is 0 Å². The van der Waals surface area contributed by atoms with Crippen LogP contribution in [0.15, 0.2) is 24.3 Å². The van der Waals surface area contributed by atoms with Crippen LogP contribution in [0.1, 0.15) is 10.4 Å². The largest absolute Gasteiger partial charge is 1.00 e. The molecular formula is C8H8KO3+. The van der Waals surface area contributed by atoms with Crippen LogP contribution >= 0.6 is 0 Å². The normalized spacial score (nSPS) is 8.42. The average molecular weight is 191 g/mol. The Labute approximate surface area is 113 Å². The number of benzene rings is 1. The Kier molecular flexibility index (Phi) is 5.78. The Bertz CT molecular complexity index is 256. The first-order valence-electron chi connectivity index (χ1n) is 3.11. The molecule has 3 nitrogen and oxygen atoms in total. The molecule has 12 heavy (non-hydrogen) atoms. The predicted octanol–water partition coefficient (Wildman–Crippen LogP) is -1.82. The van der Waals surface area contributed by atoms with Crippen LogP contribution in [0.5, 0.6) is 5.75 Å². The Morgan fingerprint density at radius 1 is 1.33 bits per heavy atom. The summed E-state index contributed by atoms with van der Waals surface area (Å²) in [6, 6.07) is 5.88. The van der Waals surface area contributed by atoms with E-state index < -0.39 is 5.97 Å². The summed E-state index contributed by atoms with van der Waals surface area (Å²) < 4.78 is 4.46. The molecule has 4 heteroatoms. The summed E-state index contributed by atoms with van der Waals surface area (Å²) in [5.74, 6) is -0.261. The van der Waals surface area contributed by atoms with Gasteiger partial charge < -0.3 is 9.84 Å². The number of phenolic OH excluding ortho intramolecular Hbond substituents is 1. The van der Waals surface area contributed by atoms with Gasteiger partial charge in [-0.3, -0.25) is 0 Å². The van der Waals surface area contributed by atoms with Crippen molar-refractivity contribution in [2.24, 2.45) is 0 Å². The van der Waals surface area contributed by atoms with Crippen LogP contribution in [0.4, 0.5) is 0 Å². The Morgan fingerprint density at radius 3 is 2.25 bits per heavy atom. The Balaban J connectivity index is 0.00000121. The second-order valence-corrected chi connectivity index (χ2v) is 2.04. The first kappa shape index (κ1) is 12.1. The van der Waals surface area contributed by atoms with Gasteiger partial charge in [0.15, 0.2) is 0 Å². The quantitative estimate of drug-likeness (QED) is 0.420. The third-order valence-electron chi connectivity index (χ3n) is 1.29. The fourth-order valence-corrected chi connectivity index (χ4v) is 0.715. The average Bonchev–Trinajstić information content (AvgIpc) is 2.05. The maximum atomic E-state index is 10.8. The third-order valence-corrected chi connectivity index (χ3v) is 1.29. The van der Waals surface area contributed by atoms with Gasteiger partial charge in [-0.05, 0) is 24.3 Å². The van der Waals surface area contributed by atoms with E-state index in [0.717, 1.165) is 0 Å². The minimum atomic E-state index is -0.398. The number of ether oxygens (including phenoxy) is 1. The van der Waals surface area contributed by atoms with E-state index in [9.17, 15) is 4.79 Å². The molecule has 1 aromatic rings. The van der Waals surface area contributed by atoms with E-state index in [-0.39, 0.29) is 57.1 Å². The minimum absolute atomic E-state index is 0. The van der Waals surface area contributed by atoms with Gasteiger partial charge in [-0.1, -0.05) is 0 Å². The summed E-state index contributed by atoms with van der Waals surface area (Å²) >= 11 is 0. The van der Waals surface area contributed by atoms with Crippen molar-refractivity contribution in [2.45, 2.75) is 0 Å². The topological polar surface area (TPSA) is 46.5 Å². The smallest absolute Gasteiger partial charge is 0.508 e. The summed E-state index contributed by atoms with van der Waals surface area (Å²) in [5.41, 5.74) is 0.435. The van der Waals surface area contributed by atoms with E-state index >= 15 is 0 Å². The number of esters is 1. The molecule has 0 aliphatic carbocycles. The molecule has 0 atom stereocenters. The zero-order valence-electron chi connectivity index (χ0n) is 7.07. The van der Waals surface area contributed by atoms with Crippen LogP contribution in [-0.2, 0) is 4.74 Å². The van der Waals surface area contributed by atoms with E-state index in [1.807, 2.05) is 0 Å². The molecule has 1 aromatic carbocycles.